The lowest BCUT2D eigenvalue weighted by Gasteiger charge is -2.39. The van der Waals surface area contributed by atoms with E-state index in [1.54, 1.807) is 6.07 Å². The van der Waals surface area contributed by atoms with Gasteiger partial charge in [0.15, 0.2) is 0 Å². The van der Waals surface area contributed by atoms with Crippen molar-refractivity contribution in [3.05, 3.63) is 28.3 Å². The van der Waals surface area contributed by atoms with Crippen molar-refractivity contribution in [3.8, 4) is 0 Å². The fourth-order valence-corrected chi connectivity index (χ4v) is 3.93. The summed E-state index contributed by atoms with van der Waals surface area (Å²) in [6.45, 7) is 6.83. The van der Waals surface area contributed by atoms with Gasteiger partial charge in [-0.3, -0.25) is 20.4 Å². The van der Waals surface area contributed by atoms with Crippen LogP contribution in [0, 0.1) is 16.0 Å². The molecule has 8 nitrogen and oxygen atoms in total. The van der Waals surface area contributed by atoms with Crippen LogP contribution in [0.3, 0.4) is 0 Å². The van der Waals surface area contributed by atoms with Gasteiger partial charge >= 0.3 is 0 Å². The highest BCUT2D eigenvalue weighted by Gasteiger charge is 2.31. The zero-order chi connectivity index (χ0) is 17.2. The van der Waals surface area contributed by atoms with Crippen LogP contribution in [-0.2, 0) is 0 Å². The van der Waals surface area contributed by atoms with Crippen molar-refractivity contribution in [2.24, 2.45) is 11.0 Å². The molecule has 2 N–H and O–H groups in total. The molecule has 0 saturated carbocycles. The Kier molecular flexibility index (Phi) is 4.54. The molecule has 2 bridgehead atoms. The van der Waals surface area contributed by atoms with Crippen molar-refractivity contribution < 1.29 is 4.92 Å². The van der Waals surface area contributed by atoms with Gasteiger partial charge in [-0.25, -0.2) is 0 Å². The topological polar surface area (TPSA) is 86.0 Å². The van der Waals surface area contributed by atoms with Crippen molar-refractivity contribution in [3.63, 3.8) is 0 Å². The minimum absolute atomic E-state index is 0.0736. The van der Waals surface area contributed by atoms with Crippen LogP contribution in [0.1, 0.15) is 12.8 Å². The third-order valence-corrected chi connectivity index (χ3v) is 5.42. The summed E-state index contributed by atoms with van der Waals surface area (Å²) in [5.74, 6) is 0.521. The fraction of sp³-hybridized carbons (Fsp3) is 0.588. The Morgan fingerprint density at radius 2 is 1.96 bits per heavy atom. The molecule has 0 aromatic heterocycles. The van der Waals surface area contributed by atoms with Gasteiger partial charge in [-0.05, 0) is 38.1 Å². The van der Waals surface area contributed by atoms with Gasteiger partial charge in [0, 0.05) is 50.4 Å². The first-order valence-corrected chi connectivity index (χ1v) is 8.99. The quantitative estimate of drug-likeness (QED) is 0.636. The number of nitro benzene ring substituents is 1. The lowest BCUT2D eigenvalue weighted by molar-refractivity contribution is -0.383. The predicted octanol–water partition coefficient (Wildman–Crippen LogP) is 1.50. The van der Waals surface area contributed by atoms with Crippen molar-refractivity contribution >= 4 is 22.8 Å². The summed E-state index contributed by atoms with van der Waals surface area (Å²) in [5, 5.41) is 19.2. The minimum atomic E-state index is -0.347. The number of piperazine rings is 1. The molecule has 4 heterocycles. The van der Waals surface area contributed by atoms with Crippen LogP contribution in [0.5, 0.6) is 0 Å². The average Bonchev–Trinajstić information content (AvgIpc) is 2.67. The van der Waals surface area contributed by atoms with Gasteiger partial charge in [0.2, 0.25) is 0 Å². The average molecular weight is 344 g/mol. The van der Waals surface area contributed by atoms with Gasteiger partial charge in [-0.1, -0.05) is 0 Å². The molecule has 1 aromatic rings. The second-order valence-electron chi connectivity index (χ2n) is 6.96. The molecule has 0 unspecified atom stereocenters. The minimum Gasteiger partial charge on any atom is -0.369 e. The summed E-state index contributed by atoms with van der Waals surface area (Å²) in [5.41, 5.74) is 5.68. The second kappa shape index (κ2) is 6.97. The lowest BCUT2D eigenvalue weighted by atomic mass is 9.87. The van der Waals surface area contributed by atoms with Crippen LogP contribution in [0.15, 0.2) is 23.3 Å². The Balaban J connectivity index is 1.57. The summed E-state index contributed by atoms with van der Waals surface area (Å²) in [6, 6.07) is 5.27. The van der Waals surface area contributed by atoms with Gasteiger partial charge in [0.25, 0.3) is 5.69 Å². The van der Waals surface area contributed by atoms with E-state index in [-0.39, 0.29) is 10.6 Å². The monoisotopic (exact) mass is 344 g/mol. The van der Waals surface area contributed by atoms with E-state index in [9.17, 15) is 10.1 Å². The van der Waals surface area contributed by atoms with Gasteiger partial charge in [-0.15, -0.1) is 0 Å². The van der Waals surface area contributed by atoms with E-state index in [2.05, 4.69) is 25.6 Å². The predicted molar refractivity (Wildman–Crippen MR) is 98.4 cm³/mol. The SMILES string of the molecule is O=[N+]([O-])c1ccc(N2CCNCC2)cc1N/N=C1\CN2CCC1CC2. The van der Waals surface area contributed by atoms with E-state index >= 15 is 0 Å². The fourth-order valence-electron chi connectivity index (χ4n) is 3.93. The first-order chi connectivity index (χ1) is 12.2. The molecule has 4 fully saturated rings. The first kappa shape index (κ1) is 16.3. The summed E-state index contributed by atoms with van der Waals surface area (Å²) < 4.78 is 0. The van der Waals surface area contributed by atoms with Crippen LogP contribution in [0.25, 0.3) is 0 Å². The highest BCUT2D eigenvalue weighted by Crippen LogP contribution is 2.31. The number of hydrazone groups is 1. The van der Waals surface area contributed by atoms with Crippen molar-refractivity contribution in [2.75, 3.05) is 56.1 Å². The molecule has 4 aliphatic rings. The van der Waals surface area contributed by atoms with Gasteiger partial charge in [-0.2, -0.15) is 5.10 Å². The van der Waals surface area contributed by atoms with Crippen LogP contribution in [0.4, 0.5) is 17.1 Å². The maximum Gasteiger partial charge on any atom is 0.294 e. The van der Waals surface area contributed by atoms with Crippen molar-refractivity contribution in [2.45, 2.75) is 12.8 Å². The Bertz CT molecular complexity index is 678. The number of nitro groups is 1. The normalized spacial score (nSPS) is 27.5. The van der Waals surface area contributed by atoms with E-state index in [4.69, 9.17) is 0 Å². The first-order valence-electron chi connectivity index (χ1n) is 8.99. The molecule has 0 atom stereocenters. The zero-order valence-corrected chi connectivity index (χ0v) is 14.3. The summed E-state index contributed by atoms with van der Waals surface area (Å²) in [4.78, 5) is 15.7. The number of benzene rings is 1. The number of hydrogen-bond donors (Lipinski definition) is 2. The molecule has 4 saturated heterocycles. The standard InChI is InChI=1S/C17H24N6O2/c24-23(25)17-2-1-14(22-9-5-18-6-10-22)11-15(17)19-20-16-12-21-7-3-13(16)4-8-21/h1-2,11,13,18-19H,3-10,12H2/b20-16+. The van der Waals surface area contributed by atoms with E-state index < -0.39 is 0 Å². The third kappa shape index (κ3) is 3.45. The Morgan fingerprint density at radius 1 is 1.20 bits per heavy atom. The van der Waals surface area contributed by atoms with Gasteiger partial charge < -0.3 is 10.2 Å². The highest BCUT2D eigenvalue weighted by molar-refractivity contribution is 5.90. The zero-order valence-electron chi connectivity index (χ0n) is 14.3. The maximum atomic E-state index is 11.4. The number of hydrogen-bond acceptors (Lipinski definition) is 7. The van der Waals surface area contributed by atoms with Crippen LogP contribution in [-0.4, -0.2) is 61.3 Å². The number of rotatable bonds is 4. The van der Waals surface area contributed by atoms with Crippen molar-refractivity contribution in [1.29, 1.82) is 0 Å². The number of fused-ring (bicyclic) bond motifs is 3. The molecule has 8 heteroatoms. The summed E-state index contributed by atoms with van der Waals surface area (Å²) in [7, 11) is 0. The van der Waals surface area contributed by atoms with E-state index in [0.717, 1.165) is 70.1 Å². The van der Waals surface area contributed by atoms with E-state index in [1.807, 2.05) is 12.1 Å². The van der Waals surface area contributed by atoms with Crippen molar-refractivity contribution in [1.82, 2.24) is 10.2 Å². The Labute approximate surface area is 147 Å². The number of piperidine rings is 3. The molecule has 0 spiro atoms. The highest BCUT2D eigenvalue weighted by atomic mass is 16.6. The molecule has 0 radical (unpaired) electrons. The smallest absolute Gasteiger partial charge is 0.294 e. The molecule has 4 aliphatic heterocycles. The largest absolute Gasteiger partial charge is 0.369 e. The Hall–Kier alpha value is -2.19. The summed E-state index contributed by atoms with van der Waals surface area (Å²) in [6.07, 6.45) is 2.28. The third-order valence-electron chi connectivity index (χ3n) is 5.42. The molecule has 0 amide bonds. The molecule has 5 rings (SSSR count). The van der Waals surface area contributed by atoms with Gasteiger partial charge in [0.05, 0.1) is 10.6 Å². The Morgan fingerprint density at radius 3 is 2.60 bits per heavy atom. The van der Waals surface area contributed by atoms with Crippen LogP contribution >= 0.6 is 0 Å². The molecule has 134 valence electrons. The van der Waals surface area contributed by atoms with Crippen LogP contribution in [0.2, 0.25) is 0 Å². The molecule has 25 heavy (non-hydrogen) atoms. The molecule has 1 aromatic carbocycles. The number of anilines is 2. The number of nitrogens with zero attached hydrogens (tertiary/aromatic N) is 4. The molecular formula is C17H24N6O2. The number of nitrogens with one attached hydrogen (secondary N) is 2. The van der Waals surface area contributed by atoms with Gasteiger partial charge in [0.1, 0.15) is 5.69 Å². The summed E-state index contributed by atoms with van der Waals surface area (Å²) >= 11 is 0. The molecular weight excluding hydrogens is 320 g/mol. The maximum absolute atomic E-state index is 11.4. The molecule has 0 aliphatic carbocycles. The van der Waals surface area contributed by atoms with Crippen LogP contribution < -0.4 is 15.6 Å². The second-order valence-corrected chi connectivity index (χ2v) is 6.96. The van der Waals surface area contributed by atoms with E-state index in [1.165, 1.54) is 0 Å². The lowest BCUT2D eigenvalue weighted by Crippen LogP contribution is -2.48. The van der Waals surface area contributed by atoms with E-state index in [0.29, 0.717) is 11.6 Å².